The standard InChI is InChI=1S/C32H44N4O3/c1-5-19-32(3,4)31(39)35(6-2)20-11-12-24-17-21-34(22-18-24)23-29(37)36-27-15-9-7-13-25(27)30(38)33-26-14-8-10-16-28(26)36/h7-10,13-16,24H,5-6,11-12,17-23H2,1-4H3,(H,33,38). The molecule has 2 aromatic carbocycles. The molecule has 2 aliphatic rings. The zero-order chi connectivity index (χ0) is 28.0. The Kier molecular flexibility index (Phi) is 9.44. The highest BCUT2D eigenvalue weighted by Gasteiger charge is 2.32. The first-order valence-corrected chi connectivity index (χ1v) is 14.6. The van der Waals surface area contributed by atoms with Crippen molar-refractivity contribution in [1.82, 2.24) is 9.80 Å². The van der Waals surface area contributed by atoms with Gasteiger partial charge in [0.2, 0.25) is 11.8 Å². The first-order chi connectivity index (χ1) is 18.7. The number of nitrogens with zero attached hydrogens (tertiary/aromatic N) is 3. The fourth-order valence-corrected chi connectivity index (χ4v) is 6.05. The van der Waals surface area contributed by atoms with Crippen molar-refractivity contribution in [3.05, 3.63) is 54.1 Å². The van der Waals surface area contributed by atoms with Gasteiger partial charge in [0, 0.05) is 18.5 Å². The van der Waals surface area contributed by atoms with Crippen molar-refractivity contribution in [3.8, 4) is 0 Å². The van der Waals surface area contributed by atoms with Gasteiger partial charge in [0.15, 0.2) is 0 Å². The van der Waals surface area contributed by atoms with E-state index in [0.717, 1.165) is 64.7 Å². The maximum atomic E-state index is 13.7. The molecule has 1 saturated heterocycles. The highest BCUT2D eigenvalue weighted by molar-refractivity contribution is 6.17. The van der Waals surface area contributed by atoms with E-state index in [9.17, 15) is 14.4 Å². The zero-order valence-electron chi connectivity index (χ0n) is 24.0. The predicted molar refractivity (Wildman–Crippen MR) is 157 cm³/mol. The van der Waals surface area contributed by atoms with Crippen LogP contribution in [0.5, 0.6) is 0 Å². The van der Waals surface area contributed by atoms with Crippen molar-refractivity contribution in [2.24, 2.45) is 11.3 Å². The number of hydrogen-bond acceptors (Lipinski definition) is 4. The second-order valence-electron chi connectivity index (χ2n) is 11.6. The molecule has 2 heterocycles. The molecule has 210 valence electrons. The minimum absolute atomic E-state index is 0.0309. The van der Waals surface area contributed by atoms with E-state index in [1.807, 2.05) is 47.4 Å². The van der Waals surface area contributed by atoms with Gasteiger partial charge >= 0.3 is 0 Å². The van der Waals surface area contributed by atoms with Crippen molar-refractivity contribution in [2.45, 2.75) is 66.2 Å². The van der Waals surface area contributed by atoms with E-state index in [1.165, 1.54) is 0 Å². The molecule has 2 aromatic rings. The van der Waals surface area contributed by atoms with Crippen LogP contribution in [0.25, 0.3) is 0 Å². The van der Waals surface area contributed by atoms with Gasteiger partial charge in [-0.15, -0.1) is 0 Å². The number of nitrogens with one attached hydrogen (secondary N) is 1. The minimum atomic E-state index is -0.291. The predicted octanol–water partition coefficient (Wildman–Crippen LogP) is 6.08. The van der Waals surface area contributed by atoms with Crippen LogP contribution in [0.15, 0.2) is 48.5 Å². The Balaban J connectivity index is 1.32. The van der Waals surface area contributed by atoms with Gasteiger partial charge in [-0.05, 0) is 82.3 Å². The molecule has 0 aromatic heterocycles. The number of carbonyl (C=O) groups excluding carboxylic acids is 3. The third-order valence-corrected chi connectivity index (χ3v) is 8.26. The van der Waals surface area contributed by atoms with Crippen LogP contribution in [0.1, 0.15) is 76.6 Å². The molecule has 39 heavy (non-hydrogen) atoms. The third-order valence-electron chi connectivity index (χ3n) is 8.26. The summed E-state index contributed by atoms with van der Waals surface area (Å²) >= 11 is 0. The smallest absolute Gasteiger partial charge is 0.257 e. The van der Waals surface area contributed by atoms with E-state index >= 15 is 0 Å². The molecular formula is C32H44N4O3. The Morgan fingerprint density at radius 2 is 1.67 bits per heavy atom. The number of likely N-dealkylation sites (tertiary alicyclic amines) is 1. The molecule has 1 N–H and O–H groups in total. The molecule has 4 rings (SSSR count). The normalized spacial score (nSPS) is 16.2. The van der Waals surface area contributed by atoms with Gasteiger partial charge < -0.3 is 10.2 Å². The molecule has 0 bridgehead atoms. The Morgan fingerprint density at radius 1 is 1.00 bits per heavy atom. The van der Waals surface area contributed by atoms with Gasteiger partial charge in [0.25, 0.3) is 5.91 Å². The maximum absolute atomic E-state index is 13.7. The number of hydrogen-bond donors (Lipinski definition) is 1. The molecule has 2 aliphatic heterocycles. The van der Waals surface area contributed by atoms with Gasteiger partial charge in [0.05, 0.1) is 29.2 Å². The zero-order valence-corrected chi connectivity index (χ0v) is 24.0. The van der Waals surface area contributed by atoms with Gasteiger partial charge in [-0.1, -0.05) is 51.5 Å². The van der Waals surface area contributed by atoms with Gasteiger partial charge in [0.1, 0.15) is 0 Å². The molecule has 0 atom stereocenters. The van der Waals surface area contributed by atoms with Crippen LogP contribution in [-0.4, -0.2) is 60.2 Å². The van der Waals surface area contributed by atoms with Crippen molar-refractivity contribution < 1.29 is 14.4 Å². The number of piperidine rings is 1. The Morgan fingerprint density at radius 3 is 2.36 bits per heavy atom. The van der Waals surface area contributed by atoms with E-state index in [1.54, 1.807) is 11.0 Å². The molecule has 7 heteroatoms. The number of anilines is 3. The van der Waals surface area contributed by atoms with Crippen molar-refractivity contribution in [3.63, 3.8) is 0 Å². The summed E-state index contributed by atoms with van der Waals surface area (Å²) in [5, 5.41) is 2.95. The van der Waals surface area contributed by atoms with E-state index < -0.39 is 0 Å². The first-order valence-electron chi connectivity index (χ1n) is 14.6. The van der Waals surface area contributed by atoms with E-state index in [0.29, 0.717) is 35.1 Å². The topological polar surface area (TPSA) is 73.0 Å². The molecular weight excluding hydrogens is 488 g/mol. The van der Waals surface area contributed by atoms with E-state index in [2.05, 4.69) is 37.9 Å². The lowest BCUT2D eigenvalue weighted by Gasteiger charge is -2.34. The third kappa shape index (κ3) is 6.70. The molecule has 0 radical (unpaired) electrons. The Hall–Kier alpha value is -3.19. The number of rotatable bonds is 10. The lowest BCUT2D eigenvalue weighted by Crippen LogP contribution is -2.43. The highest BCUT2D eigenvalue weighted by Crippen LogP contribution is 2.38. The van der Waals surface area contributed by atoms with Crippen molar-refractivity contribution in [2.75, 3.05) is 42.9 Å². The SMILES string of the molecule is CCCC(C)(C)C(=O)N(CC)CCCC1CCN(CC(=O)N2c3ccccc3NC(=O)c3ccccc32)CC1. The van der Waals surface area contributed by atoms with Crippen LogP contribution in [0.3, 0.4) is 0 Å². The van der Waals surface area contributed by atoms with Gasteiger partial charge in [-0.2, -0.15) is 0 Å². The first kappa shape index (κ1) is 28.8. The number of benzene rings is 2. The maximum Gasteiger partial charge on any atom is 0.257 e. The van der Waals surface area contributed by atoms with Gasteiger partial charge in [-0.3, -0.25) is 24.2 Å². The molecule has 1 fully saturated rings. The minimum Gasteiger partial charge on any atom is -0.343 e. The second kappa shape index (κ2) is 12.8. The summed E-state index contributed by atoms with van der Waals surface area (Å²) in [6.07, 6.45) is 6.18. The summed E-state index contributed by atoms with van der Waals surface area (Å²) in [6, 6.07) is 14.8. The summed E-state index contributed by atoms with van der Waals surface area (Å²) < 4.78 is 0. The number of carbonyl (C=O) groups is 3. The molecule has 0 unspecified atom stereocenters. The van der Waals surface area contributed by atoms with Crippen LogP contribution < -0.4 is 10.2 Å². The Labute approximate surface area is 233 Å². The summed E-state index contributed by atoms with van der Waals surface area (Å²) in [4.78, 5) is 45.5. The quantitative estimate of drug-likeness (QED) is 0.402. The van der Waals surface area contributed by atoms with Crippen LogP contribution in [0.4, 0.5) is 17.1 Å². The van der Waals surface area contributed by atoms with E-state index in [4.69, 9.17) is 0 Å². The lowest BCUT2D eigenvalue weighted by atomic mass is 9.86. The number of fused-ring (bicyclic) bond motifs is 2. The van der Waals surface area contributed by atoms with Gasteiger partial charge in [-0.25, -0.2) is 0 Å². The summed E-state index contributed by atoms with van der Waals surface area (Å²) in [7, 11) is 0. The Bertz CT molecular complexity index is 1170. The number of para-hydroxylation sites is 3. The fourth-order valence-electron chi connectivity index (χ4n) is 6.05. The molecule has 3 amide bonds. The largest absolute Gasteiger partial charge is 0.343 e. The number of amides is 3. The average molecular weight is 533 g/mol. The van der Waals surface area contributed by atoms with Crippen LogP contribution in [0, 0.1) is 11.3 Å². The highest BCUT2D eigenvalue weighted by atomic mass is 16.2. The lowest BCUT2D eigenvalue weighted by molar-refractivity contribution is -0.140. The monoisotopic (exact) mass is 532 g/mol. The van der Waals surface area contributed by atoms with Crippen LogP contribution in [-0.2, 0) is 9.59 Å². The van der Waals surface area contributed by atoms with Crippen molar-refractivity contribution >= 4 is 34.8 Å². The molecule has 0 spiro atoms. The summed E-state index contributed by atoms with van der Waals surface area (Å²) in [5.41, 5.74) is 2.17. The summed E-state index contributed by atoms with van der Waals surface area (Å²) in [6.45, 7) is 12.0. The fraction of sp³-hybridized carbons (Fsp3) is 0.531. The van der Waals surface area contributed by atoms with Crippen LogP contribution in [0.2, 0.25) is 0 Å². The second-order valence-corrected chi connectivity index (χ2v) is 11.6. The molecule has 7 nitrogen and oxygen atoms in total. The summed E-state index contributed by atoms with van der Waals surface area (Å²) in [5.74, 6) is 0.659. The molecule has 0 aliphatic carbocycles. The average Bonchev–Trinajstić information content (AvgIpc) is 3.05. The molecule has 0 saturated carbocycles. The van der Waals surface area contributed by atoms with Crippen LogP contribution >= 0.6 is 0 Å². The van der Waals surface area contributed by atoms with E-state index in [-0.39, 0.29) is 23.1 Å². The van der Waals surface area contributed by atoms with Crippen molar-refractivity contribution in [1.29, 1.82) is 0 Å².